The second-order valence-electron chi connectivity index (χ2n) is 13.3. The molecule has 0 radical (unpaired) electrons. The highest BCUT2D eigenvalue weighted by molar-refractivity contribution is 6.01. The van der Waals surface area contributed by atoms with Gasteiger partial charge in [0.25, 0.3) is 5.91 Å². The van der Waals surface area contributed by atoms with Crippen LogP contribution in [0.2, 0.25) is 0 Å². The Balaban J connectivity index is 1.48. The molecule has 2 heterocycles. The van der Waals surface area contributed by atoms with Crippen molar-refractivity contribution in [1.29, 1.82) is 0 Å². The molecule has 2 aliphatic rings. The number of fused-ring (bicyclic) bond motifs is 1. The van der Waals surface area contributed by atoms with Crippen molar-refractivity contribution < 1.29 is 28.7 Å². The van der Waals surface area contributed by atoms with Crippen molar-refractivity contribution >= 4 is 23.6 Å². The van der Waals surface area contributed by atoms with E-state index in [2.05, 4.69) is 47.0 Å². The van der Waals surface area contributed by atoms with Crippen molar-refractivity contribution in [2.75, 3.05) is 40.0 Å². The van der Waals surface area contributed by atoms with Crippen LogP contribution in [0.4, 0.5) is 0 Å². The van der Waals surface area contributed by atoms with E-state index in [0.29, 0.717) is 31.3 Å². The van der Waals surface area contributed by atoms with Crippen LogP contribution in [0.3, 0.4) is 0 Å². The van der Waals surface area contributed by atoms with Gasteiger partial charge in [-0.15, -0.1) is 0 Å². The lowest BCUT2D eigenvalue weighted by atomic mass is 10.0. The van der Waals surface area contributed by atoms with Gasteiger partial charge in [0.05, 0.1) is 18.5 Å². The third-order valence-electron chi connectivity index (χ3n) is 8.93. The molecular weight excluding hydrogens is 610 g/mol. The topological polar surface area (TPSA) is 129 Å². The van der Waals surface area contributed by atoms with Gasteiger partial charge in [-0.2, -0.15) is 0 Å². The van der Waals surface area contributed by atoms with Crippen LogP contribution in [0.1, 0.15) is 80.8 Å². The molecule has 1 fully saturated rings. The number of unbranched alkanes of at least 4 members (excludes halogenated alkanes) is 1. The van der Waals surface area contributed by atoms with E-state index in [0.717, 1.165) is 51.0 Å². The molecule has 2 aromatic rings. The van der Waals surface area contributed by atoms with Gasteiger partial charge >= 0.3 is 0 Å². The van der Waals surface area contributed by atoms with Gasteiger partial charge in [0.1, 0.15) is 24.4 Å². The van der Waals surface area contributed by atoms with Gasteiger partial charge in [-0.1, -0.05) is 63.6 Å². The van der Waals surface area contributed by atoms with Crippen LogP contribution in [0, 0.1) is 5.92 Å². The van der Waals surface area contributed by atoms with E-state index in [1.54, 1.807) is 29.2 Å². The molecule has 0 bridgehead atoms. The Morgan fingerprint density at radius 1 is 1.00 bits per heavy atom. The van der Waals surface area contributed by atoms with Crippen molar-refractivity contribution in [1.82, 2.24) is 25.8 Å². The largest absolute Gasteiger partial charge is 0.491 e. The zero-order valence-corrected chi connectivity index (χ0v) is 29.0. The number of ether oxygens (including phenoxy) is 2. The monoisotopic (exact) mass is 663 g/mol. The summed E-state index contributed by atoms with van der Waals surface area (Å²) in [7, 11) is 2.13. The number of amides is 4. The van der Waals surface area contributed by atoms with Crippen LogP contribution in [-0.4, -0.2) is 91.5 Å². The van der Waals surface area contributed by atoms with E-state index in [-0.39, 0.29) is 37.0 Å². The maximum atomic E-state index is 13.7. The van der Waals surface area contributed by atoms with Gasteiger partial charge in [-0.25, -0.2) is 0 Å². The highest BCUT2D eigenvalue weighted by Gasteiger charge is 2.31. The number of hydrogen-bond acceptors (Lipinski definition) is 7. The van der Waals surface area contributed by atoms with E-state index >= 15 is 0 Å². The van der Waals surface area contributed by atoms with Crippen LogP contribution in [-0.2, 0) is 32.2 Å². The third-order valence-corrected chi connectivity index (χ3v) is 8.93. The fraction of sp³-hybridized carbons (Fsp3) is 0.568. The Morgan fingerprint density at radius 3 is 2.42 bits per heavy atom. The van der Waals surface area contributed by atoms with E-state index in [1.807, 2.05) is 26.0 Å². The van der Waals surface area contributed by atoms with E-state index in [1.165, 1.54) is 5.56 Å². The summed E-state index contributed by atoms with van der Waals surface area (Å²) in [6.45, 7) is 9.71. The van der Waals surface area contributed by atoms with Crippen molar-refractivity contribution in [2.24, 2.45) is 5.92 Å². The highest BCUT2D eigenvalue weighted by Crippen LogP contribution is 2.20. The Labute approximate surface area is 285 Å². The maximum Gasteiger partial charge on any atom is 0.255 e. The highest BCUT2D eigenvalue weighted by atomic mass is 16.5. The molecule has 4 amide bonds. The molecule has 0 spiro atoms. The quantitative estimate of drug-likeness (QED) is 0.335. The van der Waals surface area contributed by atoms with Crippen LogP contribution in [0.15, 0.2) is 48.5 Å². The number of carbonyl (C=O) groups excluding carboxylic acids is 4. The lowest BCUT2D eigenvalue weighted by molar-refractivity contribution is -0.137. The second kappa shape index (κ2) is 18.5. The predicted octanol–water partition coefficient (Wildman–Crippen LogP) is 3.65. The fourth-order valence-corrected chi connectivity index (χ4v) is 6.14. The third kappa shape index (κ3) is 11.1. The maximum absolute atomic E-state index is 13.7. The number of carbonyl (C=O) groups is 4. The number of para-hydroxylation sites is 1. The van der Waals surface area contributed by atoms with Crippen molar-refractivity contribution in [3.63, 3.8) is 0 Å². The summed E-state index contributed by atoms with van der Waals surface area (Å²) in [5, 5.41) is 8.54. The molecule has 262 valence electrons. The van der Waals surface area contributed by atoms with Crippen molar-refractivity contribution in [2.45, 2.75) is 90.5 Å². The van der Waals surface area contributed by atoms with Gasteiger partial charge < -0.3 is 30.3 Å². The van der Waals surface area contributed by atoms with Crippen molar-refractivity contribution in [3.8, 4) is 5.75 Å². The molecule has 1 saturated heterocycles. The normalized spacial score (nSPS) is 20.0. The first kappa shape index (κ1) is 36.9. The zero-order valence-electron chi connectivity index (χ0n) is 29.0. The van der Waals surface area contributed by atoms with Gasteiger partial charge in [0.2, 0.25) is 17.7 Å². The van der Waals surface area contributed by atoms with Crippen LogP contribution in [0.5, 0.6) is 5.75 Å². The zero-order chi connectivity index (χ0) is 34.5. The molecule has 0 aliphatic carbocycles. The molecule has 2 atom stereocenters. The summed E-state index contributed by atoms with van der Waals surface area (Å²) in [6, 6.07) is 13.4. The molecule has 0 saturated carbocycles. The summed E-state index contributed by atoms with van der Waals surface area (Å²) < 4.78 is 11.5. The number of hydrogen-bond donors (Lipinski definition) is 3. The van der Waals surface area contributed by atoms with E-state index in [9.17, 15) is 19.2 Å². The Morgan fingerprint density at radius 2 is 1.71 bits per heavy atom. The molecule has 0 aromatic heterocycles. The number of rotatable bonds is 11. The number of benzene rings is 2. The van der Waals surface area contributed by atoms with Crippen LogP contribution >= 0.6 is 0 Å². The molecule has 48 heavy (non-hydrogen) atoms. The Bertz CT molecular complexity index is 1360. The summed E-state index contributed by atoms with van der Waals surface area (Å²) in [6.07, 6.45) is 3.90. The Kier molecular flexibility index (Phi) is 14.2. The molecule has 0 unspecified atom stereocenters. The molecule has 2 aromatic carbocycles. The molecule has 2 aliphatic heterocycles. The minimum Gasteiger partial charge on any atom is -0.491 e. The summed E-state index contributed by atoms with van der Waals surface area (Å²) in [4.78, 5) is 58.3. The van der Waals surface area contributed by atoms with Crippen LogP contribution in [0.25, 0.3) is 0 Å². The minimum atomic E-state index is -1.17. The average Bonchev–Trinajstić information content (AvgIpc) is 3.08. The SMILES string of the molecule is CCCCN1CCOc2ccccc2C(=O)N[C@H](C(=O)NCc2ccc(CN(C)C3CCOCC3)cc2)CC(=O)N[C@@H](CC(C)C)C1=O. The molecule has 4 rings (SSSR count). The summed E-state index contributed by atoms with van der Waals surface area (Å²) in [5.74, 6) is -1.19. The van der Waals surface area contributed by atoms with Gasteiger partial charge in [-0.3, -0.25) is 24.1 Å². The number of nitrogens with one attached hydrogen (secondary N) is 3. The van der Waals surface area contributed by atoms with E-state index in [4.69, 9.17) is 9.47 Å². The van der Waals surface area contributed by atoms with Crippen molar-refractivity contribution in [3.05, 3.63) is 65.2 Å². The fourth-order valence-electron chi connectivity index (χ4n) is 6.14. The van der Waals surface area contributed by atoms with Crippen LogP contribution < -0.4 is 20.7 Å². The van der Waals surface area contributed by atoms with E-state index < -0.39 is 29.8 Å². The second-order valence-corrected chi connectivity index (χ2v) is 13.3. The van der Waals surface area contributed by atoms with Gasteiger partial charge in [0, 0.05) is 38.9 Å². The smallest absolute Gasteiger partial charge is 0.255 e. The predicted molar refractivity (Wildman–Crippen MR) is 184 cm³/mol. The molecule has 11 nitrogen and oxygen atoms in total. The lowest BCUT2D eigenvalue weighted by Gasteiger charge is -2.31. The average molecular weight is 664 g/mol. The van der Waals surface area contributed by atoms with Gasteiger partial charge in [-0.05, 0) is 61.9 Å². The first-order valence-electron chi connectivity index (χ1n) is 17.4. The molecule has 11 heteroatoms. The Hall–Kier alpha value is -3.96. The molecular formula is C37H53N5O6. The lowest BCUT2D eigenvalue weighted by Crippen LogP contribution is -2.53. The first-order chi connectivity index (χ1) is 23.1. The minimum absolute atomic E-state index is 0.140. The standard InChI is InChI=1S/C37H53N5O6/c1-5-6-17-42-18-21-48-33-10-8-7-9-30(33)35(44)40-31(23-34(43)39-32(37(42)46)22-26(2)3)36(45)38-24-27-11-13-28(14-12-27)25-41(4)29-15-19-47-20-16-29/h7-14,26,29,31-32H,5-6,15-25H2,1-4H3,(H,38,45)(H,39,43)(H,40,44)/t31-,32-/m0/s1. The number of nitrogens with zero attached hydrogens (tertiary/aromatic N) is 2. The molecule has 3 N–H and O–H groups in total. The van der Waals surface area contributed by atoms with Gasteiger partial charge in [0.15, 0.2) is 0 Å². The first-order valence-corrected chi connectivity index (χ1v) is 17.4. The summed E-state index contributed by atoms with van der Waals surface area (Å²) >= 11 is 0. The summed E-state index contributed by atoms with van der Waals surface area (Å²) in [5.41, 5.74) is 2.32.